The van der Waals surface area contributed by atoms with E-state index in [-0.39, 0.29) is 0 Å². The van der Waals surface area contributed by atoms with Gasteiger partial charge >= 0.3 is 0 Å². The Hall–Kier alpha value is -2.63. The predicted molar refractivity (Wildman–Crippen MR) is 96.0 cm³/mol. The van der Waals surface area contributed by atoms with E-state index in [0.717, 1.165) is 23.4 Å². The van der Waals surface area contributed by atoms with Gasteiger partial charge in [-0.15, -0.1) is 0 Å². The maximum Gasteiger partial charge on any atom is 0.226 e. The Kier molecular flexibility index (Phi) is 4.02. The highest BCUT2D eigenvalue weighted by molar-refractivity contribution is 5.87. The monoisotopic (exact) mass is 322 g/mol. The molecule has 1 saturated carbocycles. The third-order valence-corrected chi connectivity index (χ3v) is 4.58. The van der Waals surface area contributed by atoms with E-state index in [0.29, 0.717) is 12.0 Å². The van der Waals surface area contributed by atoms with Crippen LogP contribution >= 0.6 is 0 Å². The molecule has 1 aromatic carbocycles. The fourth-order valence-electron chi connectivity index (χ4n) is 3.26. The van der Waals surface area contributed by atoms with Gasteiger partial charge in [0, 0.05) is 19.6 Å². The highest BCUT2D eigenvalue weighted by Crippen LogP contribution is 2.25. The van der Waals surface area contributed by atoms with Gasteiger partial charge in [0.2, 0.25) is 5.95 Å². The van der Waals surface area contributed by atoms with E-state index in [9.17, 15) is 0 Å². The van der Waals surface area contributed by atoms with Crippen LogP contribution in [0.5, 0.6) is 0 Å². The van der Waals surface area contributed by atoms with Crippen molar-refractivity contribution in [1.82, 2.24) is 19.7 Å². The lowest BCUT2D eigenvalue weighted by atomic mass is 10.2. The fraction of sp³-hybridized carbons (Fsp3) is 0.389. The van der Waals surface area contributed by atoms with Gasteiger partial charge in [0.25, 0.3) is 0 Å². The summed E-state index contributed by atoms with van der Waals surface area (Å²) in [7, 11) is 1.91. The minimum atomic E-state index is 0.484. The maximum absolute atomic E-state index is 4.71. The lowest BCUT2D eigenvalue weighted by Gasteiger charge is -2.14. The first-order valence-electron chi connectivity index (χ1n) is 8.54. The van der Waals surface area contributed by atoms with Crippen LogP contribution in [-0.4, -0.2) is 25.8 Å². The summed E-state index contributed by atoms with van der Waals surface area (Å²) in [6, 6.07) is 10.8. The van der Waals surface area contributed by atoms with E-state index in [2.05, 4.69) is 32.8 Å². The summed E-state index contributed by atoms with van der Waals surface area (Å²) in [5.74, 6) is 1.52. The van der Waals surface area contributed by atoms with Crippen LogP contribution in [-0.2, 0) is 13.6 Å². The molecular formula is C18H22N6. The second-order valence-corrected chi connectivity index (χ2v) is 6.37. The van der Waals surface area contributed by atoms with Gasteiger partial charge in [-0.25, -0.2) is 0 Å². The Morgan fingerprint density at radius 2 is 1.92 bits per heavy atom. The van der Waals surface area contributed by atoms with Gasteiger partial charge in [-0.1, -0.05) is 43.2 Å². The Balaban J connectivity index is 1.62. The standard InChI is InChI=1S/C18H22N6/c1-24-17-15(12-20-24)16(19-11-13-7-3-2-4-8-13)22-18(23-17)21-14-9-5-6-10-14/h2-4,7-8,12,14H,5-6,9-11H2,1H3,(H2,19,21,22,23). The summed E-state index contributed by atoms with van der Waals surface area (Å²) in [5.41, 5.74) is 2.07. The number of rotatable bonds is 5. The molecule has 0 saturated heterocycles. The Labute approximate surface area is 141 Å². The molecule has 6 nitrogen and oxygen atoms in total. The molecule has 6 heteroatoms. The van der Waals surface area contributed by atoms with Crippen LogP contribution < -0.4 is 10.6 Å². The third-order valence-electron chi connectivity index (χ3n) is 4.58. The van der Waals surface area contributed by atoms with Crippen LogP contribution in [0.1, 0.15) is 31.2 Å². The summed E-state index contributed by atoms with van der Waals surface area (Å²) in [6.45, 7) is 0.727. The molecule has 124 valence electrons. The van der Waals surface area contributed by atoms with Crippen molar-refractivity contribution >= 4 is 22.8 Å². The molecule has 0 atom stereocenters. The third kappa shape index (κ3) is 3.04. The van der Waals surface area contributed by atoms with Gasteiger partial charge in [0.05, 0.1) is 11.6 Å². The van der Waals surface area contributed by atoms with E-state index in [1.165, 1.54) is 31.2 Å². The zero-order valence-corrected chi connectivity index (χ0v) is 13.9. The van der Waals surface area contributed by atoms with E-state index in [1.54, 1.807) is 4.68 Å². The first-order chi connectivity index (χ1) is 11.8. The van der Waals surface area contributed by atoms with Crippen molar-refractivity contribution in [3.05, 3.63) is 42.1 Å². The Morgan fingerprint density at radius 3 is 2.71 bits per heavy atom. The summed E-state index contributed by atoms with van der Waals surface area (Å²) < 4.78 is 1.80. The van der Waals surface area contributed by atoms with Gasteiger partial charge in [0.1, 0.15) is 5.82 Å². The normalized spacial score (nSPS) is 15.0. The predicted octanol–water partition coefficient (Wildman–Crippen LogP) is 3.33. The number of nitrogens with one attached hydrogen (secondary N) is 2. The molecular weight excluding hydrogens is 300 g/mol. The lowest BCUT2D eigenvalue weighted by molar-refractivity contribution is 0.741. The number of hydrogen-bond donors (Lipinski definition) is 2. The van der Waals surface area contributed by atoms with Gasteiger partial charge in [-0.05, 0) is 18.4 Å². The molecule has 1 aliphatic carbocycles. The molecule has 0 amide bonds. The highest BCUT2D eigenvalue weighted by Gasteiger charge is 2.18. The van der Waals surface area contributed by atoms with Crippen LogP contribution in [0, 0.1) is 0 Å². The summed E-state index contributed by atoms with van der Waals surface area (Å²) >= 11 is 0. The van der Waals surface area contributed by atoms with Gasteiger partial charge in [0.15, 0.2) is 5.65 Å². The van der Waals surface area contributed by atoms with E-state index in [4.69, 9.17) is 4.98 Å². The second-order valence-electron chi connectivity index (χ2n) is 6.37. The van der Waals surface area contributed by atoms with E-state index >= 15 is 0 Å². The lowest BCUT2D eigenvalue weighted by Crippen LogP contribution is -2.17. The van der Waals surface area contributed by atoms with Crippen LogP contribution in [0.4, 0.5) is 11.8 Å². The van der Waals surface area contributed by atoms with Crippen molar-refractivity contribution < 1.29 is 0 Å². The molecule has 0 bridgehead atoms. The van der Waals surface area contributed by atoms with Gasteiger partial charge < -0.3 is 10.6 Å². The Bertz CT molecular complexity index is 820. The molecule has 2 aromatic heterocycles. The topological polar surface area (TPSA) is 67.7 Å². The average molecular weight is 322 g/mol. The zero-order chi connectivity index (χ0) is 16.4. The fourth-order valence-corrected chi connectivity index (χ4v) is 3.26. The van der Waals surface area contributed by atoms with Crippen LogP contribution in [0.3, 0.4) is 0 Å². The molecule has 1 fully saturated rings. The number of hydrogen-bond acceptors (Lipinski definition) is 5. The molecule has 3 aromatic rings. The van der Waals surface area contributed by atoms with Crippen molar-refractivity contribution in [3.63, 3.8) is 0 Å². The smallest absolute Gasteiger partial charge is 0.226 e. The van der Waals surface area contributed by atoms with Crippen molar-refractivity contribution in [2.45, 2.75) is 38.3 Å². The number of aromatic nitrogens is 4. The quantitative estimate of drug-likeness (QED) is 0.754. The second kappa shape index (κ2) is 6.47. The number of benzene rings is 1. The largest absolute Gasteiger partial charge is 0.365 e. The summed E-state index contributed by atoms with van der Waals surface area (Å²) in [5, 5.41) is 12.2. The summed E-state index contributed by atoms with van der Waals surface area (Å²) in [6.07, 6.45) is 6.77. The molecule has 24 heavy (non-hydrogen) atoms. The number of aryl methyl sites for hydroxylation is 1. The molecule has 4 rings (SSSR count). The molecule has 2 heterocycles. The summed E-state index contributed by atoms with van der Waals surface area (Å²) in [4.78, 5) is 9.36. The van der Waals surface area contributed by atoms with Gasteiger partial charge in [-0.3, -0.25) is 4.68 Å². The molecule has 1 aliphatic rings. The van der Waals surface area contributed by atoms with Crippen molar-refractivity contribution in [1.29, 1.82) is 0 Å². The maximum atomic E-state index is 4.71. The highest BCUT2D eigenvalue weighted by atomic mass is 15.3. The number of nitrogens with zero attached hydrogens (tertiary/aromatic N) is 4. The first kappa shape index (κ1) is 14.9. The molecule has 0 unspecified atom stereocenters. The van der Waals surface area contributed by atoms with E-state index < -0.39 is 0 Å². The van der Waals surface area contributed by atoms with Crippen LogP contribution in [0.15, 0.2) is 36.5 Å². The molecule has 2 N–H and O–H groups in total. The van der Waals surface area contributed by atoms with E-state index in [1.807, 2.05) is 31.4 Å². The van der Waals surface area contributed by atoms with Crippen LogP contribution in [0.25, 0.3) is 11.0 Å². The number of anilines is 2. The minimum absolute atomic E-state index is 0.484. The van der Waals surface area contributed by atoms with Crippen LogP contribution in [0.2, 0.25) is 0 Å². The first-order valence-corrected chi connectivity index (χ1v) is 8.54. The average Bonchev–Trinajstić information content (AvgIpc) is 3.24. The molecule has 0 aliphatic heterocycles. The van der Waals surface area contributed by atoms with Crippen molar-refractivity contribution in [3.8, 4) is 0 Å². The van der Waals surface area contributed by atoms with Crippen molar-refractivity contribution in [2.24, 2.45) is 7.05 Å². The number of fused-ring (bicyclic) bond motifs is 1. The molecule has 0 spiro atoms. The van der Waals surface area contributed by atoms with Gasteiger partial charge in [-0.2, -0.15) is 15.1 Å². The minimum Gasteiger partial charge on any atom is -0.365 e. The molecule has 0 radical (unpaired) electrons. The zero-order valence-electron chi connectivity index (χ0n) is 13.9. The SMILES string of the molecule is Cn1ncc2c(NCc3ccccc3)nc(NC3CCCC3)nc21. The Morgan fingerprint density at radius 1 is 1.12 bits per heavy atom. The van der Waals surface area contributed by atoms with Crippen molar-refractivity contribution in [2.75, 3.05) is 10.6 Å².